The van der Waals surface area contributed by atoms with Gasteiger partial charge in [0.2, 0.25) is 4.96 Å². The van der Waals surface area contributed by atoms with Gasteiger partial charge in [0.05, 0.1) is 12.1 Å². The van der Waals surface area contributed by atoms with Crippen LogP contribution in [0.2, 0.25) is 0 Å². The number of carbonyl (C=O) groups excluding carboxylic acids is 1. The van der Waals surface area contributed by atoms with Crippen molar-refractivity contribution in [2.45, 2.75) is 39.2 Å². The van der Waals surface area contributed by atoms with E-state index >= 15 is 0 Å². The molecule has 0 bridgehead atoms. The van der Waals surface area contributed by atoms with Crippen molar-refractivity contribution in [3.63, 3.8) is 0 Å². The van der Waals surface area contributed by atoms with Crippen LogP contribution in [0.4, 0.5) is 0 Å². The van der Waals surface area contributed by atoms with E-state index in [1.54, 1.807) is 0 Å². The summed E-state index contributed by atoms with van der Waals surface area (Å²) in [6, 6.07) is 11.2. The van der Waals surface area contributed by atoms with Crippen LogP contribution in [-0.2, 0) is 22.6 Å². The molecule has 3 rings (SSSR count). The van der Waals surface area contributed by atoms with Crippen LogP contribution in [0.1, 0.15) is 42.5 Å². The molecule has 0 radical (unpaired) electrons. The number of hydrogen-bond donors (Lipinski definition) is 0. The first-order valence-corrected chi connectivity index (χ1v) is 8.97. The van der Waals surface area contributed by atoms with Gasteiger partial charge in [0.1, 0.15) is 11.6 Å². The first-order chi connectivity index (χ1) is 12.1. The normalized spacial score (nSPS) is 12.2. The molecule has 7 heteroatoms. The molecule has 0 aliphatic rings. The maximum Gasteiger partial charge on any atom is 0.306 e. The molecule has 3 aromatic rings. The summed E-state index contributed by atoms with van der Waals surface area (Å²) >= 11 is 1.37. The number of aryl methyl sites for hydroxylation is 1. The van der Waals surface area contributed by atoms with Crippen LogP contribution >= 0.6 is 11.3 Å². The van der Waals surface area contributed by atoms with E-state index in [0.717, 1.165) is 17.0 Å². The maximum atomic E-state index is 12.1. The molecule has 2 heterocycles. The number of rotatable bonds is 6. The molecule has 0 fully saturated rings. The molecule has 0 aliphatic heterocycles. The summed E-state index contributed by atoms with van der Waals surface area (Å²) < 4.78 is 6.58. The summed E-state index contributed by atoms with van der Waals surface area (Å²) in [5, 5.41) is 5.04. The molecule has 0 saturated carbocycles. The van der Waals surface area contributed by atoms with Gasteiger partial charge >= 0.3 is 5.97 Å². The van der Waals surface area contributed by atoms with Crippen LogP contribution in [0.3, 0.4) is 0 Å². The van der Waals surface area contributed by atoms with E-state index in [1.165, 1.54) is 21.9 Å². The van der Waals surface area contributed by atoms with E-state index in [0.29, 0.717) is 10.7 Å². The zero-order valence-corrected chi connectivity index (χ0v) is 15.0. The van der Waals surface area contributed by atoms with Crippen molar-refractivity contribution in [1.82, 2.24) is 14.6 Å². The standard InChI is InChI=1S/C18H19N3O3S/c1-3-15-20-21-16(22)10-14(19-18(21)25-15)11-24-17(23)9-12(2)13-7-5-4-6-8-13/h4-8,10,12H,3,9,11H2,1-2H3/t12-/m1/s1. The number of aromatic nitrogens is 3. The van der Waals surface area contributed by atoms with Gasteiger partial charge in [-0.25, -0.2) is 4.98 Å². The Kier molecular flexibility index (Phi) is 5.23. The van der Waals surface area contributed by atoms with E-state index in [-0.39, 0.29) is 30.5 Å². The van der Waals surface area contributed by atoms with Gasteiger partial charge in [0.15, 0.2) is 0 Å². The third-order valence-corrected chi connectivity index (χ3v) is 4.92. The lowest BCUT2D eigenvalue weighted by Crippen LogP contribution is -2.17. The highest BCUT2D eigenvalue weighted by atomic mass is 32.1. The Labute approximate surface area is 149 Å². The Morgan fingerprint density at radius 3 is 2.80 bits per heavy atom. The van der Waals surface area contributed by atoms with Crippen LogP contribution in [0, 0.1) is 0 Å². The van der Waals surface area contributed by atoms with Crippen molar-refractivity contribution in [2.75, 3.05) is 0 Å². The fourth-order valence-corrected chi connectivity index (χ4v) is 3.33. The average molecular weight is 357 g/mol. The molecule has 0 spiro atoms. The van der Waals surface area contributed by atoms with E-state index in [4.69, 9.17) is 4.74 Å². The summed E-state index contributed by atoms with van der Waals surface area (Å²) in [4.78, 5) is 29.0. The topological polar surface area (TPSA) is 73.6 Å². The molecule has 0 unspecified atom stereocenters. The van der Waals surface area contributed by atoms with Gasteiger partial charge in [0.25, 0.3) is 5.56 Å². The van der Waals surface area contributed by atoms with Crippen LogP contribution in [0.15, 0.2) is 41.2 Å². The Morgan fingerprint density at radius 2 is 2.08 bits per heavy atom. The van der Waals surface area contributed by atoms with Gasteiger partial charge < -0.3 is 4.74 Å². The van der Waals surface area contributed by atoms with Crippen LogP contribution in [0.5, 0.6) is 0 Å². The van der Waals surface area contributed by atoms with E-state index in [1.807, 2.05) is 44.2 Å². The van der Waals surface area contributed by atoms with E-state index < -0.39 is 0 Å². The number of ether oxygens (including phenoxy) is 1. The molecule has 130 valence electrons. The first-order valence-electron chi connectivity index (χ1n) is 8.16. The molecule has 25 heavy (non-hydrogen) atoms. The van der Waals surface area contributed by atoms with Gasteiger partial charge in [-0.1, -0.05) is 55.5 Å². The Hall–Kier alpha value is -2.54. The third kappa shape index (κ3) is 4.11. The second-order valence-corrected chi connectivity index (χ2v) is 6.85. The van der Waals surface area contributed by atoms with Gasteiger partial charge in [-0.2, -0.15) is 9.61 Å². The number of benzene rings is 1. The Bertz CT molecular complexity index is 934. The van der Waals surface area contributed by atoms with Gasteiger partial charge in [-0.3, -0.25) is 9.59 Å². The fraction of sp³-hybridized carbons (Fsp3) is 0.333. The van der Waals surface area contributed by atoms with Gasteiger partial charge in [-0.05, 0) is 17.9 Å². The predicted molar refractivity (Wildman–Crippen MR) is 95.8 cm³/mol. The van der Waals surface area contributed by atoms with Crippen LogP contribution < -0.4 is 5.56 Å². The highest BCUT2D eigenvalue weighted by Gasteiger charge is 2.14. The van der Waals surface area contributed by atoms with Crippen molar-refractivity contribution in [3.05, 3.63) is 63.0 Å². The largest absolute Gasteiger partial charge is 0.459 e. The van der Waals surface area contributed by atoms with E-state index in [9.17, 15) is 9.59 Å². The average Bonchev–Trinajstić information content (AvgIpc) is 3.04. The molecule has 0 aliphatic carbocycles. The number of fused-ring (bicyclic) bond motifs is 1. The van der Waals surface area contributed by atoms with Crippen molar-refractivity contribution >= 4 is 22.3 Å². The quantitative estimate of drug-likeness (QED) is 0.634. The lowest BCUT2D eigenvalue weighted by Gasteiger charge is -2.11. The highest BCUT2D eigenvalue weighted by Crippen LogP contribution is 2.19. The van der Waals surface area contributed by atoms with Gasteiger partial charge in [0, 0.05) is 6.07 Å². The van der Waals surface area contributed by atoms with E-state index in [2.05, 4.69) is 10.1 Å². The molecule has 1 aromatic carbocycles. The zero-order chi connectivity index (χ0) is 17.8. The molecule has 1 atom stereocenters. The fourth-order valence-electron chi connectivity index (χ4n) is 2.48. The number of nitrogens with zero attached hydrogens (tertiary/aromatic N) is 3. The molecule has 2 aromatic heterocycles. The molecule has 0 amide bonds. The molecule has 0 N–H and O–H groups in total. The molecular formula is C18H19N3O3S. The zero-order valence-electron chi connectivity index (χ0n) is 14.1. The first kappa shape index (κ1) is 17.3. The lowest BCUT2D eigenvalue weighted by atomic mass is 9.98. The maximum absolute atomic E-state index is 12.1. The summed E-state index contributed by atoms with van der Waals surface area (Å²) in [7, 11) is 0. The van der Waals surface area contributed by atoms with Crippen molar-refractivity contribution < 1.29 is 9.53 Å². The number of carbonyl (C=O) groups is 1. The minimum absolute atomic E-state index is 0.00849. The van der Waals surface area contributed by atoms with Crippen molar-refractivity contribution in [3.8, 4) is 0 Å². The Balaban J connectivity index is 1.64. The number of hydrogen-bond acceptors (Lipinski definition) is 6. The van der Waals surface area contributed by atoms with Gasteiger partial charge in [-0.15, -0.1) is 0 Å². The summed E-state index contributed by atoms with van der Waals surface area (Å²) in [6.07, 6.45) is 1.03. The summed E-state index contributed by atoms with van der Waals surface area (Å²) in [6.45, 7) is 3.95. The van der Waals surface area contributed by atoms with Crippen molar-refractivity contribution in [1.29, 1.82) is 0 Å². The third-order valence-electron chi connectivity index (χ3n) is 3.86. The minimum Gasteiger partial charge on any atom is -0.459 e. The second kappa shape index (κ2) is 7.57. The Morgan fingerprint density at radius 1 is 1.32 bits per heavy atom. The lowest BCUT2D eigenvalue weighted by molar-refractivity contribution is -0.145. The van der Waals surface area contributed by atoms with Crippen LogP contribution in [0.25, 0.3) is 4.96 Å². The molecular weight excluding hydrogens is 338 g/mol. The monoisotopic (exact) mass is 357 g/mol. The highest BCUT2D eigenvalue weighted by molar-refractivity contribution is 7.16. The van der Waals surface area contributed by atoms with Crippen molar-refractivity contribution in [2.24, 2.45) is 0 Å². The number of esters is 1. The minimum atomic E-state index is -0.308. The molecule has 6 nitrogen and oxygen atoms in total. The summed E-state index contributed by atoms with van der Waals surface area (Å²) in [5.41, 5.74) is 1.27. The second-order valence-electron chi connectivity index (χ2n) is 5.81. The predicted octanol–water partition coefficient (Wildman–Crippen LogP) is 2.95. The SMILES string of the molecule is CCc1nn2c(=O)cc(COC(=O)C[C@@H](C)c3ccccc3)nc2s1. The van der Waals surface area contributed by atoms with Crippen LogP contribution in [-0.4, -0.2) is 20.6 Å². The molecule has 0 saturated heterocycles. The summed E-state index contributed by atoms with van der Waals surface area (Å²) in [5.74, 6) is -0.236. The smallest absolute Gasteiger partial charge is 0.306 e.